The normalized spacial score (nSPS) is 44.2. The number of aromatic nitrogens is 1. The molecule has 1 aromatic heterocycles. The fourth-order valence-electron chi connectivity index (χ4n) is 9.87. The number of ether oxygens (including phenoxy) is 1. The molecule has 4 aliphatic carbocycles. The molecular formula is C31H45NO5. The Morgan fingerprint density at radius 2 is 1.89 bits per heavy atom. The molecule has 1 aromatic carbocycles. The van der Waals surface area contributed by atoms with E-state index in [1.807, 2.05) is 18.2 Å². The molecule has 0 amide bonds. The van der Waals surface area contributed by atoms with E-state index in [4.69, 9.17) is 14.1 Å². The third-order valence-electron chi connectivity index (χ3n) is 12.0. The zero-order valence-corrected chi connectivity index (χ0v) is 22.9. The van der Waals surface area contributed by atoms with E-state index >= 15 is 0 Å². The second-order valence-corrected chi connectivity index (χ2v) is 13.5. The Morgan fingerprint density at radius 1 is 1.08 bits per heavy atom. The molecule has 3 N–H and O–H groups in total. The smallest absolute Gasteiger partial charge is 0.195 e. The zero-order chi connectivity index (χ0) is 26.1. The predicted molar refractivity (Wildman–Crippen MR) is 142 cm³/mol. The SMILES string of the molecule is COc1ccc2oc(CCC(C)[C@H]3CC[C@H]4[C@@H]5[C@H](O)C[C@@H]6C[C@H](O)CC[C@]6(C)[C@H]5C[C@H](O)[C@]34C)nc2c1. The van der Waals surface area contributed by atoms with Crippen molar-refractivity contribution in [2.75, 3.05) is 7.11 Å². The van der Waals surface area contributed by atoms with Gasteiger partial charge in [-0.25, -0.2) is 4.98 Å². The second kappa shape index (κ2) is 9.24. The van der Waals surface area contributed by atoms with Crippen LogP contribution in [0.25, 0.3) is 11.1 Å². The third-order valence-corrected chi connectivity index (χ3v) is 12.0. The molecule has 6 nitrogen and oxygen atoms in total. The highest BCUT2D eigenvalue weighted by Crippen LogP contribution is 2.68. The molecule has 4 saturated carbocycles. The van der Waals surface area contributed by atoms with Crippen LogP contribution in [0.1, 0.15) is 78.0 Å². The van der Waals surface area contributed by atoms with E-state index in [0.717, 1.165) is 80.5 Å². The van der Waals surface area contributed by atoms with Crippen molar-refractivity contribution >= 4 is 11.1 Å². The molecule has 0 saturated heterocycles. The van der Waals surface area contributed by atoms with Gasteiger partial charge in [-0.05, 0) is 110 Å². The number of benzene rings is 1. The quantitative estimate of drug-likeness (QED) is 0.500. The summed E-state index contributed by atoms with van der Waals surface area (Å²) in [5.41, 5.74) is 1.56. The summed E-state index contributed by atoms with van der Waals surface area (Å²) in [5.74, 6) is 3.71. The van der Waals surface area contributed by atoms with Crippen molar-refractivity contribution in [3.05, 3.63) is 24.1 Å². The number of oxazole rings is 1. The number of hydrogen-bond donors (Lipinski definition) is 3. The van der Waals surface area contributed by atoms with E-state index in [-0.39, 0.29) is 35.1 Å². The van der Waals surface area contributed by atoms with Gasteiger partial charge in [0, 0.05) is 12.5 Å². The number of fused-ring (bicyclic) bond motifs is 6. The molecule has 6 rings (SSSR count). The molecule has 4 aliphatic rings. The Bertz CT molecular complexity index is 1130. The lowest BCUT2D eigenvalue weighted by atomic mass is 9.43. The zero-order valence-electron chi connectivity index (χ0n) is 22.9. The fraction of sp³-hybridized carbons (Fsp3) is 0.774. The van der Waals surface area contributed by atoms with Crippen molar-refractivity contribution in [1.29, 1.82) is 0 Å². The Kier molecular flexibility index (Phi) is 6.40. The van der Waals surface area contributed by atoms with Crippen molar-refractivity contribution in [3.8, 4) is 5.75 Å². The van der Waals surface area contributed by atoms with Gasteiger partial charge in [-0.1, -0.05) is 20.8 Å². The molecular weight excluding hydrogens is 466 g/mol. The molecule has 204 valence electrons. The summed E-state index contributed by atoms with van der Waals surface area (Å²) in [5, 5.41) is 33.6. The Balaban J connectivity index is 1.19. The topological polar surface area (TPSA) is 96.0 Å². The highest BCUT2D eigenvalue weighted by Gasteiger charge is 2.65. The van der Waals surface area contributed by atoms with Gasteiger partial charge in [0.1, 0.15) is 11.3 Å². The van der Waals surface area contributed by atoms with E-state index in [2.05, 4.69) is 20.8 Å². The maximum atomic E-state index is 11.8. The highest BCUT2D eigenvalue weighted by molar-refractivity contribution is 5.74. The van der Waals surface area contributed by atoms with Crippen molar-refractivity contribution < 1.29 is 24.5 Å². The Labute approximate surface area is 220 Å². The van der Waals surface area contributed by atoms with Gasteiger partial charge in [0.15, 0.2) is 11.5 Å². The summed E-state index contributed by atoms with van der Waals surface area (Å²) >= 11 is 0. The monoisotopic (exact) mass is 511 g/mol. The summed E-state index contributed by atoms with van der Waals surface area (Å²) < 4.78 is 11.3. The average Bonchev–Trinajstić information content (AvgIpc) is 3.45. The lowest BCUT2D eigenvalue weighted by Gasteiger charge is -2.63. The van der Waals surface area contributed by atoms with E-state index < -0.39 is 0 Å². The number of aliphatic hydroxyl groups is 3. The largest absolute Gasteiger partial charge is 0.497 e. The van der Waals surface area contributed by atoms with Crippen LogP contribution < -0.4 is 4.74 Å². The first-order valence-corrected chi connectivity index (χ1v) is 14.6. The van der Waals surface area contributed by atoms with Gasteiger partial charge < -0.3 is 24.5 Å². The first kappa shape index (κ1) is 25.6. The lowest BCUT2D eigenvalue weighted by molar-refractivity contribution is -0.207. The molecule has 0 radical (unpaired) electrons. The minimum absolute atomic E-state index is 0.116. The average molecular weight is 512 g/mol. The van der Waals surface area contributed by atoms with Gasteiger partial charge in [0.05, 0.1) is 25.4 Å². The molecule has 2 aromatic rings. The van der Waals surface area contributed by atoms with E-state index in [0.29, 0.717) is 29.6 Å². The third kappa shape index (κ3) is 3.96. The van der Waals surface area contributed by atoms with Crippen LogP contribution in [0.2, 0.25) is 0 Å². The van der Waals surface area contributed by atoms with Crippen LogP contribution in [0.3, 0.4) is 0 Å². The summed E-state index contributed by atoms with van der Waals surface area (Å²) in [6, 6.07) is 5.73. The Hall–Kier alpha value is -1.63. The number of hydrogen-bond acceptors (Lipinski definition) is 6. The van der Waals surface area contributed by atoms with Crippen molar-refractivity contribution in [3.63, 3.8) is 0 Å². The second-order valence-electron chi connectivity index (χ2n) is 13.5. The maximum Gasteiger partial charge on any atom is 0.195 e. The van der Waals surface area contributed by atoms with E-state index in [1.54, 1.807) is 7.11 Å². The number of nitrogens with zero attached hydrogens (tertiary/aromatic N) is 1. The van der Waals surface area contributed by atoms with Gasteiger partial charge in [-0.15, -0.1) is 0 Å². The predicted octanol–water partition coefficient (Wildman–Crippen LogP) is 5.37. The van der Waals surface area contributed by atoms with Crippen molar-refractivity contribution in [1.82, 2.24) is 4.98 Å². The van der Waals surface area contributed by atoms with Gasteiger partial charge in [0.25, 0.3) is 0 Å². The van der Waals surface area contributed by atoms with Gasteiger partial charge in [0.2, 0.25) is 0 Å². The van der Waals surface area contributed by atoms with Crippen molar-refractivity contribution in [2.24, 2.45) is 46.3 Å². The molecule has 0 spiro atoms. The van der Waals surface area contributed by atoms with Crippen LogP contribution in [0.4, 0.5) is 0 Å². The maximum absolute atomic E-state index is 11.8. The molecule has 1 heterocycles. The standard InChI is InChI=1S/C31H45NO5/c1-17(5-10-28-32-24-15-20(36-4)6-9-26(24)37-28)21-7-8-22-29-23(16-27(35)31(21,22)3)30(2)12-11-19(33)13-18(30)14-25(29)34/h6,9,15,17-19,21-23,25,27,29,33-35H,5,7-8,10-14,16H2,1-4H3/t17?,18-,19+,21+,22-,23-,25+,27-,29-,30-,31+/m0/s1. The highest BCUT2D eigenvalue weighted by atomic mass is 16.5. The minimum atomic E-state index is -0.347. The Morgan fingerprint density at radius 3 is 2.68 bits per heavy atom. The van der Waals surface area contributed by atoms with Crippen LogP contribution in [-0.2, 0) is 6.42 Å². The van der Waals surface area contributed by atoms with Crippen LogP contribution in [-0.4, -0.2) is 45.7 Å². The van der Waals surface area contributed by atoms with E-state index in [1.165, 1.54) is 0 Å². The van der Waals surface area contributed by atoms with Gasteiger partial charge >= 0.3 is 0 Å². The lowest BCUT2D eigenvalue weighted by Crippen LogP contribution is -2.62. The number of aryl methyl sites for hydroxylation is 1. The summed E-state index contributed by atoms with van der Waals surface area (Å²) in [4.78, 5) is 4.70. The van der Waals surface area contributed by atoms with Gasteiger partial charge in [-0.3, -0.25) is 0 Å². The molecule has 4 fully saturated rings. The molecule has 0 aliphatic heterocycles. The number of methoxy groups -OCH3 is 1. The fourth-order valence-corrected chi connectivity index (χ4v) is 9.87. The first-order chi connectivity index (χ1) is 17.6. The molecule has 11 atom stereocenters. The number of rotatable bonds is 5. The summed E-state index contributed by atoms with van der Waals surface area (Å²) in [6.45, 7) is 7.05. The van der Waals surface area contributed by atoms with Crippen molar-refractivity contribution in [2.45, 2.75) is 96.9 Å². The van der Waals surface area contributed by atoms with Crippen LogP contribution in [0.15, 0.2) is 22.6 Å². The van der Waals surface area contributed by atoms with Crippen LogP contribution in [0, 0.1) is 46.3 Å². The molecule has 0 bridgehead atoms. The molecule has 6 heteroatoms. The van der Waals surface area contributed by atoms with Gasteiger partial charge in [-0.2, -0.15) is 0 Å². The van der Waals surface area contributed by atoms with Crippen LogP contribution in [0.5, 0.6) is 5.75 Å². The number of aliphatic hydroxyl groups excluding tert-OH is 3. The summed E-state index contributed by atoms with van der Waals surface area (Å²) in [6.07, 6.45) is 7.31. The van der Waals surface area contributed by atoms with E-state index in [9.17, 15) is 15.3 Å². The van der Waals surface area contributed by atoms with Crippen LogP contribution >= 0.6 is 0 Å². The molecule has 1 unspecified atom stereocenters. The first-order valence-electron chi connectivity index (χ1n) is 14.6. The molecule has 37 heavy (non-hydrogen) atoms. The summed E-state index contributed by atoms with van der Waals surface area (Å²) in [7, 11) is 1.66. The minimum Gasteiger partial charge on any atom is -0.497 e.